The Balaban J connectivity index is 1.35. The summed E-state index contributed by atoms with van der Waals surface area (Å²) in [6.45, 7) is 0.540. The van der Waals surface area contributed by atoms with Crippen molar-refractivity contribution in [2.75, 3.05) is 12.3 Å². The van der Waals surface area contributed by atoms with E-state index in [0.717, 1.165) is 33.6 Å². The number of thioether (sulfide) groups is 1. The van der Waals surface area contributed by atoms with Crippen LogP contribution < -0.4 is 5.32 Å². The van der Waals surface area contributed by atoms with E-state index in [1.54, 1.807) is 29.8 Å². The van der Waals surface area contributed by atoms with E-state index in [1.165, 1.54) is 47.2 Å². The maximum atomic E-state index is 12.9. The lowest BCUT2D eigenvalue weighted by atomic mass is 9.97. The molecule has 1 aliphatic carbocycles. The van der Waals surface area contributed by atoms with Gasteiger partial charge in [0, 0.05) is 16.8 Å². The highest BCUT2D eigenvalue weighted by Crippen LogP contribution is 2.39. The highest BCUT2D eigenvalue weighted by Gasteiger charge is 2.20. The topological polar surface area (TPSA) is 54.9 Å². The third-order valence-electron chi connectivity index (χ3n) is 4.71. The predicted molar refractivity (Wildman–Crippen MR) is 108 cm³/mol. The third-order valence-corrected chi connectivity index (χ3v) is 6.89. The minimum atomic E-state index is -0.244. The predicted octanol–water partition coefficient (Wildman–Crippen LogP) is 4.16. The van der Waals surface area contributed by atoms with E-state index < -0.39 is 0 Å². The molecule has 0 saturated carbocycles. The van der Waals surface area contributed by atoms with Gasteiger partial charge in [-0.2, -0.15) is 0 Å². The Labute approximate surface area is 165 Å². The summed E-state index contributed by atoms with van der Waals surface area (Å²) >= 11 is 3.25. The fraction of sp³-hybridized carbons (Fsp3) is 0.350. The smallest absolute Gasteiger partial charge is 0.230 e. The summed E-state index contributed by atoms with van der Waals surface area (Å²) in [4.78, 5) is 23.5. The Kier molecular flexibility index (Phi) is 5.69. The Morgan fingerprint density at radius 1 is 1.19 bits per heavy atom. The van der Waals surface area contributed by atoms with Crippen LogP contribution in [0.4, 0.5) is 4.39 Å². The molecule has 3 aromatic rings. The lowest BCUT2D eigenvalue weighted by molar-refractivity contribution is -0.118. The molecule has 0 unspecified atom stereocenters. The molecule has 2 heterocycles. The van der Waals surface area contributed by atoms with E-state index in [9.17, 15) is 9.18 Å². The van der Waals surface area contributed by atoms with Crippen LogP contribution in [0.3, 0.4) is 0 Å². The van der Waals surface area contributed by atoms with Gasteiger partial charge in [-0.05, 0) is 55.4 Å². The van der Waals surface area contributed by atoms with Crippen molar-refractivity contribution in [2.45, 2.75) is 37.1 Å². The number of hydrogen-bond acceptors (Lipinski definition) is 5. The lowest BCUT2D eigenvalue weighted by Gasteiger charge is -2.11. The zero-order chi connectivity index (χ0) is 18.6. The number of aromatic nitrogens is 2. The molecule has 0 spiro atoms. The quantitative estimate of drug-likeness (QED) is 0.498. The molecule has 1 aliphatic rings. The molecule has 27 heavy (non-hydrogen) atoms. The van der Waals surface area contributed by atoms with E-state index in [0.29, 0.717) is 18.7 Å². The first kappa shape index (κ1) is 18.4. The van der Waals surface area contributed by atoms with Crippen LogP contribution in [-0.2, 0) is 24.1 Å². The first-order valence-electron chi connectivity index (χ1n) is 9.10. The number of amides is 1. The number of halogens is 1. The van der Waals surface area contributed by atoms with E-state index in [2.05, 4.69) is 15.3 Å². The maximum Gasteiger partial charge on any atom is 0.230 e. The number of nitrogens with one attached hydrogen (secondary N) is 1. The summed E-state index contributed by atoms with van der Waals surface area (Å²) in [5.74, 6) is 0.0732. The summed E-state index contributed by atoms with van der Waals surface area (Å²) in [6, 6.07) is 6.37. The fourth-order valence-corrected chi connectivity index (χ4v) is 5.50. The third kappa shape index (κ3) is 4.30. The second-order valence-corrected chi connectivity index (χ2v) is 8.63. The first-order chi connectivity index (χ1) is 13.2. The highest BCUT2D eigenvalue weighted by atomic mass is 32.2. The average Bonchev–Trinajstić information content (AvgIpc) is 3.07. The molecule has 0 atom stereocenters. The van der Waals surface area contributed by atoms with Crippen LogP contribution in [0.15, 0.2) is 35.6 Å². The zero-order valence-corrected chi connectivity index (χ0v) is 16.5. The summed E-state index contributed by atoms with van der Waals surface area (Å²) < 4.78 is 12.9. The molecular weight excluding hydrogens is 381 g/mol. The number of aryl methyl sites for hydroxylation is 2. The highest BCUT2D eigenvalue weighted by molar-refractivity contribution is 8.00. The van der Waals surface area contributed by atoms with Gasteiger partial charge in [0.2, 0.25) is 5.91 Å². The normalized spacial score (nSPS) is 13.5. The van der Waals surface area contributed by atoms with Crippen molar-refractivity contribution in [3.8, 4) is 0 Å². The standard InChI is InChI=1S/C20H20FN3OS2/c21-14-7-5-13(6-8-14)9-10-22-17(25)11-26-19-18-15-3-1-2-4-16(15)27-20(18)24-12-23-19/h5-8,12H,1-4,9-11H2,(H,22,25). The van der Waals surface area contributed by atoms with Gasteiger partial charge in [-0.15, -0.1) is 11.3 Å². The monoisotopic (exact) mass is 401 g/mol. The number of rotatable bonds is 6. The molecule has 1 aromatic carbocycles. The Morgan fingerprint density at radius 3 is 2.85 bits per heavy atom. The molecule has 0 fully saturated rings. The first-order valence-corrected chi connectivity index (χ1v) is 10.9. The minimum Gasteiger partial charge on any atom is -0.355 e. The number of carbonyl (C=O) groups excluding carboxylic acids is 1. The molecule has 4 nitrogen and oxygen atoms in total. The Hall–Kier alpha value is -1.99. The second-order valence-electron chi connectivity index (χ2n) is 6.58. The average molecular weight is 402 g/mol. The SMILES string of the molecule is O=C(CSc1ncnc2sc3c(c12)CCCC3)NCCc1ccc(F)cc1. The van der Waals surface area contributed by atoms with Crippen molar-refractivity contribution < 1.29 is 9.18 Å². The van der Waals surface area contributed by atoms with Crippen molar-refractivity contribution in [1.82, 2.24) is 15.3 Å². The zero-order valence-electron chi connectivity index (χ0n) is 14.8. The van der Waals surface area contributed by atoms with Gasteiger partial charge in [-0.25, -0.2) is 14.4 Å². The molecule has 1 amide bonds. The van der Waals surface area contributed by atoms with Crippen molar-refractivity contribution >= 4 is 39.2 Å². The van der Waals surface area contributed by atoms with Crippen molar-refractivity contribution in [3.63, 3.8) is 0 Å². The van der Waals surface area contributed by atoms with Gasteiger partial charge in [0.05, 0.1) is 5.75 Å². The number of thiophene rings is 1. The van der Waals surface area contributed by atoms with Crippen LogP contribution in [0.2, 0.25) is 0 Å². The van der Waals surface area contributed by atoms with Gasteiger partial charge in [0.25, 0.3) is 0 Å². The minimum absolute atomic E-state index is 0.0158. The van der Waals surface area contributed by atoms with Crippen molar-refractivity contribution in [1.29, 1.82) is 0 Å². The fourth-order valence-electron chi connectivity index (χ4n) is 3.35. The number of fused-ring (bicyclic) bond motifs is 3. The van der Waals surface area contributed by atoms with Gasteiger partial charge in [-0.3, -0.25) is 4.79 Å². The maximum absolute atomic E-state index is 12.9. The van der Waals surface area contributed by atoms with Crippen molar-refractivity contribution in [2.24, 2.45) is 0 Å². The molecule has 7 heteroatoms. The second kappa shape index (κ2) is 8.35. The molecule has 2 aromatic heterocycles. The van der Waals surface area contributed by atoms with E-state index in [4.69, 9.17) is 0 Å². The van der Waals surface area contributed by atoms with Crippen LogP contribution in [0, 0.1) is 5.82 Å². The molecule has 0 aliphatic heterocycles. The summed E-state index contributed by atoms with van der Waals surface area (Å²) in [7, 11) is 0. The van der Waals surface area contributed by atoms with Gasteiger partial charge in [-0.1, -0.05) is 23.9 Å². The van der Waals surface area contributed by atoms with E-state index >= 15 is 0 Å². The van der Waals surface area contributed by atoms with Crippen molar-refractivity contribution in [3.05, 3.63) is 52.4 Å². The number of nitrogens with zero attached hydrogens (tertiary/aromatic N) is 2. The lowest BCUT2D eigenvalue weighted by Crippen LogP contribution is -2.27. The van der Waals surface area contributed by atoms with Gasteiger partial charge in [0.1, 0.15) is 22.0 Å². The molecular formula is C20H20FN3OS2. The molecule has 1 N–H and O–H groups in total. The molecule has 0 saturated heterocycles. The number of hydrogen-bond donors (Lipinski definition) is 1. The summed E-state index contributed by atoms with van der Waals surface area (Å²) in [5, 5.41) is 4.99. The molecule has 140 valence electrons. The van der Waals surface area contributed by atoms with E-state index in [-0.39, 0.29) is 11.7 Å². The van der Waals surface area contributed by atoms with Crippen LogP contribution in [-0.4, -0.2) is 28.2 Å². The molecule has 0 bridgehead atoms. The summed E-state index contributed by atoms with van der Waals surface area (Å²) in [6.07, 6.45) is 6.95. The van der Waals surface area contributed by atoms with E-state index in [1.807, 2.05) is 0 Å². The summed E-state index contributed by atoms with van der Waals surface area (Å²) in [5.41, 5.74) is 2.40. The molecule has 0 radical (unpaired) electrons. The van der Waals surface area contributed by atoms with Gasteiger partial charge < -0.3 is 5.32 Å². The van der Waals surface area contributed by atoms with Crippen LogP contribution in [0.5, 0.6) is 0 Å². The van der Waals surface area contributed by atoms with Crippen LogP contribution in [0.25, 0.3) is 10.2 Å². The largest absolute Gasteiger partial charge is 0.355 e. The molecule has 4 rings (SSSR count). The Morgan fingerprint density at radius 2 is 2.00 bits per heavy atom. The van der Waals surface area contributed by atoms with Crippen LogP contribution >= 0.6 is 23.1 Å². The van der Waals surface area contributed by atoms with Crippen LogP contribution in [0.1, 0.15) is 28.8 Å². The number of benzene rings is 1. The van der Waals surface area contributed by atoms with Gasteiger partial charge in [0.15, 0.2) is 0 Å². The van der Waals surface area contributed by atoms with Gasteiger partial charge >= 0.3 is 0 Å². The Bertz CT molecular complexity index is 956. The number of carbonyl (C=O) groups is 1.